The van der Waals surface area contributed by atoms with Crippen LogP contribution < -0.4 is 0 Å². The molecular formula is C28H41ClO4S. The lowest BCUT2D eigenvalue weighted by atomic mass is 9.62. The Hall–Kier alpha value is -1.14. The van der Waals surface area contributed by atoms with Crippen molar-refractivity contribution >= 4 is 21.4 Å². The summed E-state index contributed by atoms with van der Waals surface area (Å²) in [6.07, 6.45) is 12.8. The molecule has 0 aliphatic heterocycles. The largest absolute Gasteiger partial charge is 0.393 e. The van der Waals surface area contributed by atoms with Gasteiger partial charge in [-0.25, -0.2) is 8.42 Å². The first-order valence-electron chi connectivity index (χ1n) is 12.4. The fourth-order valence-electron chi connectivity index (χ4n) is 5.88. The SMILES string of the molecule is C=C1/C(=C\C=C2/CCC[C@]3(C)C([C@H](C)C/C=C(/Cl)S(=O)(=O)C(C)(C)C)=CC[C@@H]23)C[C@H](O)C[C@H]1O. The standard InChI is InChI=1S/C28H41ClO4S/c1-18(9-14-26(29)34(32,33)27(3,4)5)23-12-13-24-20(8-7-15-28(23,24)6)10-11-21-16-22(30)17-25(31)19(21)2/h10-12,14,18,22,24-25,30-31H,2,7-9,13,15-17H2,1,3-6H3/b20-10+,21-11-,26-14-/t18-,22+,24+,25-,28-/m1/s1. The van der Waals surface area contributed by atoms with E-state index in [1.807, 2.05) is 0 Å². The van der Waals surface area contributed by atoms with E-state index in [2.05, 4.69) is 38.7 Å². The quantitative estimate of drug-likeness (QED) is 0.423. The maximum atomic E-state index is 12.6. The van der Waals surface area contributed by atoms with E-state index in [-0.39, 0.29) is 15.7 Å². The molecule has 0 saturated heterocycles. The minimum Gasteiger partial charge on any atom is -0.393 e. The summed E-state index contributed by atoms with van der Waals surface area (Å²) in [5.41, 5.74) is 4.51. The third-order valence-electron chi connectivity index (χ3n) is 8.10. The number of rotatable bonds is 5. The second-order valence-electron chi connectivity index (χ2n) is 11.5. The van der Waals surface area contributed by atoms with Gasteiger partial charge in [-0.3, -0.25) is 0 Å². The van der Waals surface area contributed by atoms with Crippen LogP contribution in [0.3, 0.4) is 0 Å². The van der Waals surface area contributed by atoms with E-state index in [1.54, 1.807) is 26.8 Å². The molecule has 3 aliphatic rings. The lowest BCUT2D eigenvalue weighted by molar-refractivity contribution is 0.0862. The number of sulfone groups is 1. The molecule has 0 bridgehead atoms. The van der Waals surface area contributed by atoms with E-state index in [0.717, 1.165) is 31.3 Å². The first-order valence-corrected chi connectivity index (χ1v) is 14.3. The minimum absolute atomic E-state index is 0.0494. The van der Waals surface area contributed by atoms with Crippen molar-refractivity contribution in [1.29, 1.82) is 0 Å². The second kappa shape index (κ2) is 10.1. The van der Waals surface area contributed by atoms with Crippen LogP contribution in [0.4, 0.5) is 0 Å². The van der Waals surface area contributed by atoms with Gasteiger partial charge < -0.3 is 10.2 Å². The Morgan fingerprint density at radius 2 is 2.00 bits per heavy atom. The molecule has 2 N–H and O–H groups in total. The van der Waals surface area contributed by atoms with Gasteiger partial charge in [-0.2, -0.15) is 0 Å². The van der Waals surface area contributed by atoms with E-state index >= 15 is 0 Å². The van der Waals surface area contributed by atoms with Gasteiger partial charge in [0.2, 0.25) is 0 Å². The lowest BCUT2D eigenvalue weighted by Crippen LogP contribution is -2.32. The summed E-state index contributed by atoms with van der Waals surface area (Å²) >= 11 is 6.25. The summed E-state index contributed by atoms with van der Waals surface area (Å²) in [4.78, 5) is 0. The van der Waals surface area contributed by atoms with E-state index in [1.165, 1.54) is 11.1 Å². The predicted octanol–water partition coefficient (Wildman–Crippen LogP) is 6.37. The molecule has 6 heteroatoms. The zero-order valence-corrected chi connectivity index (χ0v) is 22.8. The van der Waals surface area contributed by atoms with Crippen LogP contribution in [0.25, 0.3) is 0 Å². The normalized spacial score (nSPS) is 34.4. The zero-order chi connectivity index (χ0) is 25.5. The van der Waals surface area contributed by atoms with Crippen molar-refractivity contribution in [2.45, 2.75) is 96.5 Å². The van der Waals surface area contributed by atoms with Crippen LogP contribution in [-0.4, -0.2) is 35.6 Å². The summed E-state index contributed by atoms with van der Waals surface area (Å²) in [5.74, 6) is 0.625. The summed E-state index contributed by atoms with van der Waals surface area (Å²) in [7, 11) is -3.52. The Bertz CT molecular complexity index is 1040. The number of aliphatic hydroxyl groups is 2. The van der Waals surface area contributed by atoms with Crippen molar-refractivity contribution in [3.8, 4) is 0 Å². The molecule has 0 aromatic rings. The first kappa shape index (κ1) is 27.4. The van der Waals surface area contributed by atoms with Crippen LogP contribution >= 0.6 is 11.6 Å². The number of allylic oxidation sites excluding steroid dienone is 6. The van der Waals surface area contributed by atoms with Gasteiger partial charge >= 0.3 is 0 Å². The van der Waals surface area contributed by atoms with Crippen molar-refractivity contribution in [3.05, 3.63) is 57.5 Å². The summed E-state index contributed by atoms with van der Waals surface area (Å²) in [6, 6.07) is 0. The van der Waals surface area contributed by atoms with E-state index < -0.39 is 26.8 Å². The molecule has 34 heavy (non-hydrogen) atoms. The van der Waals surface area contributed by atoms with Crippen LogP contribution in [-0.2, 0) is 9.84 Å². The van der Waals surface area contributed by atoms with Gasteiger partial charge in [0.05, 0.1) is 17.0 Å². The fourth-order valence-corrected chi connectivity index (χ4v) is 7.56. The molecule has 0 unspecified atom stereocenters. The van der Waals surface area contributed by atoms with Gasteiger partial charge in [0.25, 0.3) is 0 Å². The maximum Gasteiger partial charge on any atom is 0.193 e. The van der Waals surface area contributed by atoms with Gasteiger partial charge in [0.15, 0.2) is 9.84 Å². The number of hydrogen-bond donors (Lipinski definition) is 2. The van der Waals surface area contributed by atoms with E-state index in [0.29, 0.717) is 30.8 Å². The summed E-state index contributed by atoms with van der Waals surface area (Å²) in [6.45, 7) is 13.5. The molecule has 0 amide bonds. The van der Waals surface area contributed by atoms with Gasteiger partial charge in [0, 0.05) is 6.42 Å². The zero-order valence-electron chi connectivity index (χ0n) is 21.3. The van der Waals surface area contributed by atoms with Crippen LogP contribution in [0.1, 0.15) is 79.6 Å². The topological polar surface area (TPSA) is 74.6 Å². The molecule has 2 fully saturated rings. The molecule has 0 heterocycles. The molecule has 4 nitrogen and oxygen atoms in total. The highest BCUT2D eigenvalue weighted by atomic mass is 35.5. The van der Waals surface area contributed by atoms with Crippen molar-refractivity contribution in [2.75, 3.05) is 0 Å². The Labute approximate surface area is 211 Å². The van der Waals surface area contributed by atoms with Crippen LogP contribution in [0.5, 0.6) is 0 Å². The van der Waals surface area contributed by atoms with E-state index in [9.17, 15) is 18.6 Å². The third kappa shape index (κ3) is 5.33. The molecule has 3 rings (SSSR count). The second-order valence-corrected chi connectivity index (χ2v) is 14.9. The minimum atomic E-state index is -3.52. The molecule has 0 radical (unpaired) electrons. The smallest absolute Gasteiger partial charge is 0.193 e. The average Bonchev–Trinajstić information content (AvgIpc) is 3.09. The Kier molecular flexibility index (Phi) is 8.14. The Morgan fingerprint density at radius 3 is 2.65 bits per heavy atom. The van der Waals surface area contributed by atoms with Gasteiger partial charge in [-0.15, -0.1) is 0 Å². The highest BCUT2D eigenvalue weighted by molar-refractivity contribution is 7.98. The fraction of sp³-hybridized carbons (Fsp3) is 0.643. The monoisotopic (exact) mass is 508 g/mol. The molecule has 0 aromatic carbocycles. The van der Waals surface area contributed by atoms with Crippen molar-refractivity contribution in [1.82, 2.24) is 0 Å². The van der Waals surface area contributed by atoms with Gasteiger partial charge in [-0.05, 0) is 87.7 Å². The third-order valence-corrected chi connectivity index (χ3v) is 11.2. The average molecular weight is 509 g/mol. The van der Waals surface area contributed by atoms with Crippen molar-refractivity contribution in [2.24, 2.45) is 17.3 Å². The Balaban J connectivity index is 1.77. The highest BCUT2D eigenvalue weighted by Crippen LogP contribution is 2.57. The van der Waals surface area contributed by atoms with Crippen LogP contribution in [0, 0.1) is 17.3 Å². The molecule has 0 aromatic heterocycles. The van der Waals surface area contributed by atoms with Crippen molar-refractivity contribution in [3.63, 3.8) is 0 Å². The van der Waals surface area contributed by atoms with Crippen molar-refractivity contribution < 1.29 is 18.6 Å². The highest BCUT2D eigenvalue weighted by Gasteiger charge is 2.46. The summed E-state index contributed by atoms with van der Waals surface area (Å²) in [5, 5.41) is 20.2. The molecule has 0 spiro atoms. The van der Waals surface area contributed by atoms with Gasteiger partial charge in [-0.1, -0.05) is 67.5 Å². The molecule has 2 saturated carbocycles. The maximum absolute atomic E-state index is 12.6. The van der Waals surface area contributed by atoms with Crippen LogP contribution in [0.2, 0.25) is 0 Å². The number of aliphatic hydroxyl groups excluding tert-OH is 2. The van der Waals surface area contributed by atoms with Gasteiger partial charge in [0.1, 0.15) is 4.36 Å². The lowest BCUT2D eigenvalue weighted by Gasteiger charge is -2.42. The number of fused-ring (bicyclic) bond motifs is 1. The predicted molar refractivity (Wildman–Crippen MR) is 141 cm³/mol. The Morgan fingerprint density at radius 1 is 1.32 bits per heavy atom. The number of hydrogen-bond acceptors (Lipinski definition) is 4. The molecule has 3 aliphatic carbocycles. The molecule has 5 atom stereocenters. The molecule has 190 valence electrons. The molecular weight excluding hydrogens is 468 g/mol. The van der Waals surface area contributed by atoms with E-state index in [4.69, 9.17) is 11.6 Å². The number of halogens is 1. The summed E-state index contributed by atoms with van der Waals surface area (Å²) < 4.78 is 24.3. The first-order chi connectivity index (χ1) is 15.7. The van der Waals surface area contributed by atoms with Crippen LogP contribution in [0.15, 0.2) is 57.5 Å².